The molecule has 0 saturated heterocycles. The maximum Gasteiger partial charge on any atom is 0.330 e. The van der Waals surface area contributed by atoms with E-state index in [1.54, 1.807) is 37.4 Å². The second-order valence-electron chi connectivity index (χ2n) is 3.85. The highest BCUT2D eigenvalue weighted by Crippen LogP contribution is 2.12. The summed E-state index contributed by atoms with van der Waals surface area (Å²) in [5.74, 6) is -1.62. The molecule has 0 aromatic heterocycles. The fourth-order valence-corrected chi connectivity index (χ4v) is 1.50. The number of carboxylic acids is 1. The van der Waals surface area contributed by atoms with Crippen molar-refractivity contribution in [2.75, 3.05) is 13.6 Å². The highest BCUT2D eigenvalue weighted by atomic mass is 16.4. The molecular weight excluding hydrogens is 234 g/mol. The number of carbonyl (C=O) groups is 2. The van der Waals surface area contributed by atoms with Crippen LogP contribution in [0.1, 0.15) is 11.6 Å². The molecule has 0 bridgehead atoms. The van der Waals surface area contributed by atoms with Crippen molar-refractivity contribution in [3.63, 3.8) is 0 Å². The molecule has 2 atom stereocenters. The van der Waals surface area contributed by atoms with Gasteiger partial charge in [0.15, 0.2) is 6.04 Å². The van der Waals surface area contributed by atoms with E-state index < -0.39 is 24.0 Å². The van der Waals surface area contributed by atoms with Gasteiger partial charge in [-0.25, -0.2) is 4.79 Å². The van der Waals surface area contributed by atoms with Crippen LogP contribution in [-0.2, 0) is 9.59 Å². The van der Waals surface area contributed by atoms with Crippen LogP contribution in [0.15, 0.2) is 30.3 Å². The topological polar surface area (TPSA) is 104 Å². The number of hydrogen-bond acceptors (Lipinski definition) is 4. The van der Waals surface area contributed by atoms with Crippen LogP contribution in [0.2, 0.25) is 0 Å². The Bertz CT molecular complexity index is 408. The van der Waals surface area contributed by atoms with Gasteiger partial charge in [-0.05, 0) is 12.6 Å². The van der Waals surface area contributed by atoms with Gasteiger partial charge in [0.05, 0.1) is 6.04 Å². The molecule has 6 heteroatoms. The van der Waals surface area contributed by atoms with Gasteiger partial charge in [0, 0.05) is 6.54 Å². The van der Waals surface area contributed by atoms with Gasteiger partial charge in [-0.3, -0.25) is 4.79 Å². The van der Waals surface area contributed by atoms with Crippen molar-refractivity contribution in [1.29, 1.82) is 0 Å². The summed E-state index contributed by atoms with van der Waals surface area (Å²) < 4.78 is 0. The Hall–Kier alpha value is -1.92. The monoisotopic (exact) mass is 251 g/mol. The molecule has 1 rings (SSSR count). The summed E-state index contributed by atoms with van der Waals surface area (Å²) in [6.45, 7) is 0.285. The molecule has 1 aromatic rings. The Morgan fingerprint density at radius 2 is 1.94 bits per heavy atom. The fraction of sp³-hybridized carbons (Fsp3) is 0.333. The number of nitrogens with two attached hydrogens (primary N) is 1. The molecule has 0 fully saturated rings. The second-order valence-corrected chi connectivity index (χ2v) is 3.85. The number of likely N-dealkylation sites (N-methyl/N-ethyl adjacent to an activating group) is 1. The summed E-state index contributed by atoms with van der Waals surface area (Å²) in [5.41, 5.74) is 6.10. The van der Waals surface area contributed by atoms with E-state index in [0.29, 0.717) is 5.56 Å². The van der Waals surface area contributed by atoms with Gasteiger partial charge >= 0.3 is 5.97 Å². The van der Waals surface area contributed by atoms with Gasteiger partial charge in [0.1, 0.15) is 0 Å². The van der Waals surface area contributed by atoms with Crippen LogP contribution in [0.3, 0.4) is 0 Å². The minimum Gasteiger partial charge on any atom is -0.479 e. The van der Waals surface area contributed by atoms with Crippen LogP contribution >= 0.6 is 0 Å². The third-order valence-corrected chi connectivity index (χ3v) is 2.43. The first-order valence-corrected chi connectivity index (χ1v) is 5.54. The predicted molar refractivity (Wildman–Crippen MR) is 66.9 cm³/mol. The van der Waals surface area contributed by atoms with Crippen LogP contribution < -0.4 is 16.4 Å². The normalized spacial score (nSPS) is 13.7. The van der Waals surface area contributed by atoms with Crippen molar-refractivity contribution >= 4 is 11.9 Å². The number of rotatable bonds is 6. The van der Waals surface area contributed by atoms with Crippen LogP contribution in [0.5, 0.6) is 0 Å². The van der Waals surface area contributed by atoms with Crippen molar-refractivity contribution in [3.8, 4) is 0 Å². The highest BCUT2D eigenvalue weighted by Gasteiger charge is 2.24. The molecule has 0 aliphatic rings. The smallest absolute Gasteiger partial charge is 0.330 e. The number of carboxylic acid groups (broad SMARTS) is 1. The molecule has 0 aliphatic heterocycles. The first-order valence-electron chi connectivity index (χ1n) is 5.54. The lowest BCUT2D eigenvalue weighted by molar-refractivity contribution is -0.142. The number of carbonyl (C=O) groups excluding carboxylic acids is 1. The van der Waals surface area contributed by atoms with Crippen molar-refractivity contribution in [2.45, 2.75) is 12.1 Å². The zero-order valence-corrected chi connectivity index (χ0v) is 10.1. The molecule has 6 nitrogen and oxygen atoms in total. The Balaban J connectivity index is 2.76. The zero-order chi connectivity index (χ0) is 13.5. The largest absolute Gasteiger partial charge is 0.479 e. The lowest BCUT2D eigenvalue weighted by atomic mass is 10.1. The molecular formula is C12H17N3O3. The number of amides is 1. The lowest BCUT2D eigenvalue weighted by Gasteiger charge is -2.17. The van der Waals surface area contributed by atoms with Crippen LogP contribution in [-0.4, -0.2) is 36.6 Å². The van der Waals surface area contributed by atoms with Crippen LogP contribution in [0, 0.1) is 0 Å². The van der Waals surface area contributed by atoms with Gasteiger partial charge in [0.2, 0.25) is 5.91 Å². The van der Waals surface area contributed by atoms with Crippen LogP contribution in [0.4, 0.5) is 0 Å². The average molecular weight is 251 g/mol. The number of aliphatic carboxylic acids is 1. The van der Waals surface area contributed by atoms with Gasteiger partial charge in [-0.2, -0.15) is 0 Å². The van der Waals surface area contributed by atoms with E-state index in [9.17, 15) is 9.59 Å². The Labute approximate surface area is 105 Å². The van der Waals surface area contributed by atoms with Gasteiger partial charge in [0.25, 0.3) is 0 Å². The quantitative estimate of drug-likeness (QED) is 0.544. The molecule has 1 amide bonds. The molecule has 18 heavy (non-hydrogen) atoms. The van der Waals surface area contributed by atoms with Crippen molar-refractivity contribution < 1.29 is 14.7 Å². The SMILES string of the molecule is CNCC(N)C(=O)NC(C(=O)O)c1ccccc1. The predicted octanol–water partition coefficient (Wildman–Crippen LogP) is -0.525. The third kappa shape index (κ3) is 3.83. The molecule has 0 saturated carbocycles. The first-order chi connectivity index (χ1) is 8.56. The number of nitrogens with one attached hydrogen (secondary N) is 2. The van der Waals surface area contributed by atoms with E-state index >= 15 is 0 Å². The fourth-order valence-electron chi connectivity index (χ4n) is 1.50. The number of hydrogen-bond donors (Lipinski definition) is 4. The third-order valence-electron chi connectivity index (χ3n) is 2.43. The standard InChI is InChI=1S/C12H17N3O3/c1-14-7-9(13)11(16)15-10(12(17)18)8-5-3-2-4-6-8/h2-6,9-10,14H,7,13H2,1H3,(H,15,16)(H,17,18). The zero-order valence-electron chi connectivity index (χ0n) is 10.1. The summed E-state index contributed by atoms with van der Waals surface area (Å²) >= 11 is 0. The Morgan fingerprint density at radius 1 is 1.33 bits per heavy atom. The van der Waals surface area contributed by atoms with Gasteiger partial charge in [-0.15, -0.1) is 0 Å². The first kappa shape index (κ1) is 14.1. The molecule has 98 valence electrons. The molecule has 0 heterocycles. The van der Waals surface area contributed by atoms with E-state index in [-0.39, 0.29) is 6.54 Å². The van der Waals surface area contributed by atoms with Gasteiger partial charge in [-0.1, -0.05) is 30.3 Å². The summed E-state index contributed by atoms with van der Waals surface area (Å²) in [6.07, 6.45) is 0. The van der Waals surface area contributed by atoms with Gasteiger partial charge < -0.3 is 21.5 Å². The van der Waals surface area contributed by atoms with Crippen molar-refractivity contribution in [1.82, 2.24) is 10.6 Å². The van der Waals surface area contributed by atoms with E-state index in [4.69, 9.17) is 10.8 Å². The molecule has 5 N–H and O–H groups in total. The maximum absolute atomic E-state index is 11.7. The molecule has 0 radical (unpaired) electrons. The summed E-state index contributed by atoms with van der Waals surface area (Å²) in [4.78, 5) is 22.8. The molecule has 0 spiro atoms. The maximum atomic E-state index is 11.7. The lowest BCUT2D eigenvalue weighted by Crippen LogP contribution is -2.48. The summed E-state index contributed by atoms with van der Waals surface area (Å²) in [5, 5.41) is 14.3. The van der Waals surface area contributed by atoms with Crippen molar-refractivity contribution in [2.24, 2.45) is 5.73 Å². The van der Waals surface area contributed by atoms with E-state index in [2.05, 4.69) is 10.6 Å². The minimum absolute atomic E-state index is 0.285. The molecule has 0 aliphatic carbocycles. The Kier molecular flexibility index (Phi) is 5.29. The van der Waals surface area contributed by atoms with E-state index in [1.165, 1.54) is 0 Å². The van der Waals surface area contributed by atoms with Crippen molar-refractivity contribution in [3.05, 3.63) is 35.9 Å². The summed E-state index contributed by atoms with van der Waals surface area (Å²) in [7, 11) is 1.67. The van der Waals surface area contributed by atoms with Crippen LogP contribution in [0.25, 0.3) is 0 Å². The highest BCUT2D eigenvalue weighted by molar-refractivity contribution is 5.87. The van der Waals surface area contributed by atoms with E-state index in [1.807, 2.05) is 0 Å². The summed E-state index contributed by atoms with van der Waals surface area (Å²) in [6, 6.07) is 6.63. The van der Waals surface area contributed by atoms with E-state index in [0.717, 1.165) is 0 Å². The average Bonchev–Trinajstić information content (AvgIpc) is 2.36. The number of benzene rings is 1. The minimum atomic E-state index is -1.12. The second kappa shape index (κ2) is 6.73. The molecule has 1 aromatic carbocycles. The molecule has 2 unspecified atom stereocenters. The Morgan fingerprint density at radius 3 is 2.44 bits per heavy atom.